The maximum absolute atomic E-state index is 12.5. The molecule has 1 unspecified atom stereocenters. The molecule has 0 spiro atoms. The Hall–Kier alpha value is -2.55. The highest BCUT2D eigenvalue weighted by Gasteiger charge is 2.23. The van der Waals surface area contributed by atoms with Crippen molar-refractivity contribution in [3.63, 3.8) is 0 Å². The zero-order chi connectivity index (χ0) is 16.7. The summed E-state index contributed by atoms with van der Waals surface area (Å²) in [6.45, 7) is 4.16. The molecule has 3 heteroatoms. The van der Waals surface area contributed by atoms with Gasteiger partial charge < -0.3 is 9.73 Å². The summed E-state index contributed by atoms with van der Waals surface area (Å²) in [5, 5.41) is 4.23. The number of hydrogen-bond acceptors (Lipinski definition) is 2. The highest BCUT2D eigenvalue weighted by Crippen LogP contribution is 2.31. The molecule has 1 N–H and O–H groups in total. The summed E-state index contributed by atoms with van der Waals surface area (Å²) in [4.78, 5) is 12.5. The third-order valence-electron chi connectivity index (χ3n) is 5.09. The largest absolute Gasteiger partial charge is 0.464 e. The van der Waals surface area contributed by atoms with E-state index in [0.29, 0.717) is 6.42 Å². The molecule has 1 aromatic heterocycles. The normalized spacial score (nSPS) is 16.3. The van der Waals surface area contributed by atoms with Crippen molar-refractivity contribution in [1.29, 1.82) is 0 Å². The fraction of sp³-hybridized carbons (Fsp3) is 0.286. The predicted molar refractivity (Wildman–Crippen MR) is 95.0 cm³/mol. The molecule has 4 rings (SSSR count). The number of hydrogen-bond donors (Lipinski definition) is 1. The number of nitrogens with one attached hydrogen (secondary N) is 1. The zero-order valence-corrected chi connectivity index (χ0v) is 14.1. The van der Waals surface area contributed by atoms with Gasteiger partial charge in [0, 0.05) is 10.9 Å². The molecule has 24 heavy (non-hydrogen) atoms. The van der Waals surface area contributed by atoms with Crippen molar-refractivity contribution in [1.82, 2.24) is 5.32 Å². The standard InChI is InChI=1S/C21H21NO2/c1-13-9-18-16(12-24-20(18)10-14(13)2)11-21(23)22-19-8-7-15-5-3-4-6-17(15)19/h3-6,9-10,12,19H,7-8,11H2,1-2H3,(H,22,23). The molecule has 3 aromatic rings. The summed E-state index contributed by atoms with van der Waals surface area (Å²) < 4.78 is 5.63. The van der Waals surface area contributed by atoms with Gasteiger partial charge in [-0.15, -0.1) is 0 Å². The Morgan fingerprint density at radius 3 is 2.88 bits per heavy atom. The first kappa shape index (κ1) is 15.0. The van der Waals surface area contributed by atoms with Crippen LogP contribution in [0.3, 0.4) is 0 Å². The van der Waals surface area contributed by atoms with Crippen molar-refractivity contribution < 1.29 is 9.21 Å². The molecule has 1 heterocycles. The number of rotatable bonds is 3. The Balaban J connectivity index is 1.52. The summed E-state index contributed by atoms with van der Waals surface area (Å²) in [5.41, 5.74) is 6.84. The van der Waals surface area contributed by atoms with Gasteiger partial charge in [0.05, 0.1) is 18.7 Å². The Bertz CT molecular complexity index is 923. The molecular weight excluding hydrogens is 298 g/mol. The second-order valence-electron chi connectivity index (χ2n) is 6.73. The minimum atomic E-state index is 0.0534. The summed E-state index contributed by atoms with van der Waals surface area (Å²) in [7, 11) is 0. The molecule has 1 atom stereocenters. The van der Waals surface area contributed by atoms with Gasteiger partial charge in [0.1, 0.15) is 5.58 Å². The predicted octanol–water partition coefficient (Wildman–Crippen LogP) is 4.40. The van der Waals surface area contributed by atoms with Crippen molar-refractivity contribution in [2.75, 3.05) is 0 Å². The van der Waals surface area contributed by atoms with Crippen LogP contribution < -0.4 is 5.32 Å². The van der Waals surface area contributed by atoms with E-state index < -0.39 is 0 Å². The first-order chi connectivity index (χ1) is 11.6. The Morgan fingerprint density at radius 1 is 1.21 bits per heavy atom. The number of aryl methyl sites for hydroxylation is 3. The number of benzene rings is 2. The average Bonchev–Trinajstić information content (AvgIpc) is 3.13. The monoisotopic (exact) mass is 319 g/mol. The lowest BCUT2D eigenvalue weighted by molar-refractivity contribution is -0.121. The van der Waals surface area contributed by atoms with Crippen LogP contribution in [0.2, 0.25) is 0 Å². The highest BCUT2D eigenvalue weighted by atomic mass is 16.3. The molecule has 2 aromatic carbocycles. The van der Waals surface area contributed by atoms with E-state index in [1.165, 1.54) is 22.3 Å². The third-order valence-corrected chi connectivity index (χ3v) is 5.09. The van der Waals surface area contributed by atoms with Crippen LogP contribution in [0.5, 0.6) is 0 Å². The van der Waals surface area contributed by atoms with E-state index in [-0.39, 0.29) is 11.9 Å². The van der Waals surface area contributed by atoms with Crippen LogP contribution in [0.4, 0.5) is 0 Å². The molecule has 1 aliphatic carbocycles. The molecule has 1 aliphatic rings. The zero-order valence-electron chi connectivity index (χ0n) is 14.1. The quantitative estimate of drug-likeness (QED) is 0.777. The third kappa shape index (κ3) is 2.60. The smallest absolute Gasteiger partial charge is 0.225 e. The first-order valence-corrected chi connectivity index (χ1v) is 8.46. The molecule has 0 saturated carbocycles. The van der Waals surface area contributed by atoms with Gasteiger partial charge in [0.15, 0.2) is 0 Å². The number of fused-ring (bicyclic) bond motifs is 2. The van der Waals surface area contributed by atoms with Gasteiger partial charge in [0.2, 0.25) is 5.91 Å². The van der Waals surface area contributed by atoms with Gasteiger partial charge in [0.25, 0.3) is 0 Å². The van der Waals surface area contributed by atoms with Crippen molar-refractivity contribution >= 4 is 16.9 Å². The van der Waals surface area contributed by atoms with Crippen molar-refractivity contribution in [2.24, 2.45) is 0 Å². The van der Waals surface area contributed by atoms with Crippen molar-refractivity contribution in [3.8, 4) is 0 Å². The number of furan rings is 1. The summed E-state index contributed by atoms with van der Waals surface area (Å²) in [6, 6.07) is 12.7. The van der Waals surface area contributed by atoms with Crippen LogP contribution in [0, 0.1) is 13.8 Å². The van der Waals surface area contributed by atoms with E-state index in [0.717, 1.165) is 29.4 Å². The van der Waals surface area contributed by atoms with Crippen LogP contribution in [0.15, 0.2) is 47.1 Å². The van der Waals surface area contributed by atoms with Crippen molar-refractivity contribution in [2.45, 2.75) is 39.2 Å². The molecule has 0 aliphatic heterocycles. The second kappa shape index (κ2) is 5.82. The molecule has 0 saturated heterocycles. The fourth-order valence-electron chi connectivity index (χ4n) is 3.60. The number of carbonyl (C=O) groups excluding carboxylic acids is 1. The molecule has 3 nitrogen and oxygen atoms in total. The molecule has 0 bridgehead atoms. The Labute approximate surface area is 141 Å². The van der Waals surface area contributed by atoms with E-state index in [1.807, 2.05) is 12.1 Å². The minimum Gasteiger partial charge on any atom is -0.464 e. The van der Waals surface area contributed by atoms with Crippen molar-refractivity contribution in [3.05, 3.63) is 70.5 Å². The van der Waals surface area contributed by atoms with Crippen LogP contribution in [-0.4, -0.2) is 5.91 Å². The maximum atomic E-state index is 12.5. The van der Waals surface area contributed by atoms with Gasteiger partial charge in [-0.2, -0.15) is 0 Å². The summed E-state index contributed by atoms with van der Waals surface area (Å²) in [6.07, 6.45) is 4.09. The minimum absolute atomic E-state index is 0.0534. The molecule has 0 radical (unpaired) electrons. The van der Waals surface area contributed by atoms with E-state index in [2.05, 4.69) is 43.4 Å². The van der Waals surface area contributed by atoms with E-state index in [4.69, 9.17) is 4.42 Å². The first-order valence-electron chi connectivity index (χ1n) is 8.46. The lowest BCUT2D eigenvalue weighted by atomic mass is 10.0. The molecule has 0 fully saturated rings. The SMILES string of the molecule is Cc1cc2occ(CC(=O)NC3CCc4ccccc43)c2cc1C. The molecule has 122 valence electrons. The Morgan fingerprint density at radius 2 is 2.00 bits per heavy atom. The van der Waals surface area contributed by atoms with Gasteiger partial charge in [-0.1, -0.05) is 24.3 Å². The van der Waals surface area contributed by atoms with E-state index >= 15 is 0 Å². The number of amides is 1. The van der Waals surface area contributed by atoms with Crippen LogP contribution in [0.1, 0.15) is 40.3 Å². The van der Waals surface area contributed by atoms with E-state index in [1.54, 1.807) is 6.26 Å². The topological polar surface area (TPSA) is 42.2 Å². The molecule has 1 amide bonds. The number of carbonyl (C=O) groups is 1. The fourth-order valence-corrected chi connectivity index (χ4v) is 3.60. The van der Waals surface area contributed by atoms with Gasteiger partial charge in [-0.3, -0.25) is 4.79 Å². The maximum Gasteiger partial charge on any atom is 0.225 e. The van der Waals surface area contributed by atoms with Gasteiger partial charge in [-0.25, -0.2) is 0 Å². The second-order valence-corrected chi connectivity index (χ2v) is 6.73. The van der Waals surface area contributed by atoms with Gasteiger partial charge >= 0.3 is 0 Å². The summed E-state index contributed by atoms with van der Waals surface area (Å²) >= 11 is 0. The Kier molecular flexibility index (Phi) is 3.64. The van der Waals surface area contributed by atoms with Crippen LogP contribution in [0.25, 0.3) is 11.0 Å². The van der Waals surface area contributed by atoms with E-state index in [9.17, 15) is 4.79 Å². The van der Waals surface area contributed by atoms with Crippen LogP contribution >= 0.6 is 0 Å². The highest BCUT2D eigenvalue weighted by molar-refractivity contribution is 5.88. The lowest BCUT2D eigenvalue weighted by Gasteiger charge is -2.13. The van der Waals surface area contributed by atoms with Crippen LogP contribution in [-0.2, 0) is 17.6 Å². The molecular formula is C21H21NO2. The van der Waals surface area contributed by atoms with Gasteiger partial charge in [-0.05, 0) is 61.1 Å². The average molecular weight is 319 g/mol. The lowest BCUT2D eigenvalue weighted by Crippen LogP contribution is -2.28. The summed E-state index contributed by atoms with van der Waals surface area (Å²) in [5.74, 6) is 0.0534.